The van der Waals surface area contributed by atoms with Gasteiger partial charge in [0.05, 0.1) is 24.9 Å². The average Bonchev–Trinajstić information content (AvgIpc) is 2.98. The first-order chi connectivity index (χ1) is 16.7. The molecule has 1 saturated heterocycles. The Morgan fingerprint density at radius 3 is 2.53 bits per heavy atom. The van der Waals surface area contributed by atoms with Crippen LogP contribution < -0.4 is 19.7 Å². The van der Waals surface area contributed by atoms with Crippen molar-refractivity contribution in [3.8, 4) is 22.8 Å². The lowest BCUT2D eigenvalue weighted by atomic mass is 10.1. The van der Waals surface area contributed by atoms with Crippen LogP contribution in [0.15, 0.2) is 48.5 Å². The van der Waals surface area contributed by atoms with Gasteiger partial charge in [-0.1, -0.05) is 6.42 Å². The van der Waals surface area contributed by atoms with Crippen molar-refractivity contribution in [3.05, 3.63) is 48.5 Å². The van der Waals surface area contributed by atoms with Gasteiger partial charge in [-0.3, -0.25) is 0 Å². The second-order valence-corrected chi connectivity index (χ2v) is 9.09. The van der Waals surface area contributed by atoms with E-state index in [-0.39, 0.29) is 1.43 Å². The fourth-order valence-corrected chi connectivity index (χ4v) is 4.50. The van der Waals surface area contributed by atoms with Crippen molar-refractivity contribution in [1.29, 1.82) is 0 Å². The molecule has 0 unspecified atom stereocenters. The van der Waals surface area contributed by atoms with Gasteiger partial charge in [0, 0.05) is 43.8 Å². The molecular formula is C28H40N4O2. The maximum atomic E-state index is 5.88. The number of anilines is 1. The zero-order chi connectivity index (χ0) is 23.8. The molecule has 4 rings (SSSR count). The number of rotatable bonds is 8. The zero-order valence-electron chi connectivity index (χ0n) is 20.8. The number of fused-ring (bicyclic) bond motifs is 1. The quantitative estimate of drug-likeness (QED) is 0.470. The van der Waals surface area contributed by atoms with Crippen LogP contribution in [0, 0.1) is 0 Å². The Balaban J connectivity index is 0.00000342. The summed E-state index contributed by atoms with van der Waals surface area (Å²) in [6.45, 7) is 5.99. The number of hydrogen-bond acceptors (Lipinski definition) is 6. The smallest absolute Gasteiger partial charge is 0.121 e. The van der Waals surface area contributed by atoms with Crippen molar-refractivity contribution in [2.75, 3.05) is 65.4 Å². The van der Waals surface area contributed by atoms with Crippen LogP contribution in [0.5, 0.6) is 11.5 Å². The number of hydrogen-bond donors (Lipinski definition) is 1. The van der Waals surface area contributed by atoms with E-state index in [0.29, 0.717) is 6.61 Å². The van der Waals surface area contributed by atoms with E-state index in [1.807, 2.05) is 31.3 Å². The third-order valence-corrected chi connectivity index (χ3v) is 6.55. The highest BCUT2D eigenvalue weighted by molar-refractivity contribution is 5.95. The van der Waals surface area contributed by atoms with Crippen LogP contribution in [-0.2, 0) is 0 Å². The molecule has 0 bridgehead atoms. The molecule has 6 heteroatoms. The molecule has 0 radical (unpaired) electrons. The van der Waals surface area contributed by atoms with E-state index in [2.05, 4.69) is 46.4 Å². The fourth-order valence-electron chi connectivity index (χ4n) is 4.50. The lowest BCUT2D eigenvalue weighted by Gasteiger charge is -2.28. The summed E-state index contributed by atoms with van der Waals surface area (Å²) in [4.78, 5) is 10.0. The third kappa shape index (κ3) is 6.19. The Labute approximate surface area is 205 Å². The lowest BCUT2D eigenvalue weighted by molar-refractivity contribution is 0.310. The van der Waals surface area contributed by atoms with Crippen LogP contribution >= 0.6 is 0 Å². The van der Waals surface area contributed by atoms with Gasteiger partial charge in [0.2, 0.25) is 0 Å². The molecule has 1 aliphatic rings. The summed E-state index contributed by atoms with van der Waals surface area (Å²) >= 11 is 0. The maximum Gasteiger partial charge on any atom is 0.121 e. The topological polar surface area (TPSA) is 49.9 Å². The Hall–Kier alpha value is -2.83. The molecule has 0 aliphatic carbocycles. The molecule has 184 valence electrons. The molecule has 0 spiro atoms. The summed E-state index contributed by atoms with van der Waals surface area (Å²) in [7, 11) is 5.90. The number of nitrogens with zero attached hydrogens (tertiary/aromatic N) is 3. The number of methoxy groups -OCH3 is 1. The molecule has 6 nitrogen and oxygen atoms in total. The number of nitrogens with one attached hydrogen (secondary N) is 1. The third-order valence-electron chi connectivity index (χ3n) is 6.55. The highest BCUT2D eigenvalue weighted by Gasteiger charge is 2.16. The first kappa shape index (κ1) is 24.3. The van der Waals surface area contributed by atoms with Gasteiger partial charge in [0.25, 0.3) is 0 Å². The SMILES string of the molecule is CNCCCOc1ccc(-c2cc(N3CCCCCN(C)CC3)c3ccc(OC)cc3n2)cc1.[HH]. The first-order valence-corrected chi connectivity index (χ1v) is 12.5. The van der Waals surface area contributed by atoms with Crippen LogP contribution in [-0.4, -0.2) is 70.4 Å². The number of likely N-dealkylation sites (N-methyl/N-ethyl adjacent to an activating group) is 1. The van der Waals surface area contributed by atoms with E-state index in [9.17, 15) is 0 Å². The second-order valence-electron chi connectivity index (χ2n) is 9.09. The van der Waals surface area contributed by atoms with Gasteiger partial charge in [0.15, 0.2) is 0 Å². The van der Waals surface area contributed by atoms with Crippen LogP contribution in [0.2, 0.25) is 0 Å². The fraction of sp³-hybridized carbons (Fsp3) is 0.464. The number of ether oxygens (including phenoxy) is 2. The van der Waals surface area contributed by atoms with E-state index < -0.39 is 0 Å². The second kappa shape index (κ2) is 12.0. The summed E-state index contributed by atoms with van der Waals surface area (Å²) in [6.07, 6.45) is 4.73. The summed E-state index contributed by atoms with van der Waals surface area (Å²) in [5.41, 5.74) is 4.29. The van der Waals surface area contributed by atoms with Crippen LogP contribution in [0.4, 0.5) is 5.69 Å². The lowest BCUT2D eigenvalue weighted by Crippen LogP contribution is -2.33. The molecule has 1 aliphatic heterocycles. The molecule has 0 atom stereocenters. The molecule has 0 saturated carbocycles. The average molecular weight is 465 g/mol. The highest BCUT2D eigenvalue weighted by atomic mass is 16.5. The van der Waals surface area contributed by atoms with Gasteiger partial charge in [-0.15, -0.1) is 0 Å². The zero-order valence-corrected chi connectivity index (χ0v) is 20.8. The highest BCUT2D eigenvalue weighted by Crippen LogP contribution is 2.34. The van der Waals surface area contributed by atoms with E-state index in [1.165, 1.54) is 36.9 Å². The van der Waals surface area contributed by atoms with Gasteiger partial charge >= 0.3 is 0 Å². The molecule has 1 aromatic heterocycles. The Bertz CT molecular complexity index is 1060. The van der Waals surface area contributed by atoms with Gasteiger partial charge in [-0.05, 0) is 88.9 Å². The van der Waals surface area contributed by atoms with E-state index in [1.54, 1.807) is 7.11 Å². The van der Waals surface area contributed by atoms with Crippen molar-refractivity contribution in [2.45, 2.75) is 25.7 Å². The predicted molar refractivity (Wildman–Crippen MR) is 143 cm³/mol. The van der Waals surface area contributed by atoms with Crippen LogP contribution in [0.1, 0.15) is 27.1 Å². The van der Waals surface area contributed by atoms with Crippen molar-refractivity contribution in [1.82, 2.24) is 15.2 Å². The molecule has 1 N–H and O–H groups in total. The summed E-state index contributed by atoms with van der Waals surface area (Å²) in [5.74, 6) is 1.73. The van der Waals surface area contributed by atoms with Crippen molar-refractivity contribution in [3.63, 3.8) is 0 Å². The summed E-state index contributed by atoms with van der Waals surface area (Å²) in [6, 6.07) is 16.8. The minimum absolute atomic E-state index is 0. The number of aromatic nitrogens is 1. The molecule has 0 amide bonds. The molecule has 34 heavy (non-hydrogen) atoms. The molecule has 3 aromatic rings. The molecule has 2 aromatic carbocycles. The van der Waals surface area contributed by atoms with Gasteiger partial charge in [-0.25, -0.2) is 4.98 Å². The monoisotopic (exact) mass is 464 g/mol. The van der Waals surface area contributed by atoms with E-state index in [4.69, 9.17) is 14.5 Å². The van der Waals surface area contributed by atoms with Crippen molar-refractivity contribution < 1.29 is 10.9 Å². The Morgan fingerprint density at radius 1 is 0.941 bits per heavy atom. The number of pyridine rings is 1. The normalized spacial score (nSPS) is 15.6. The minimum Gasteiger partial charge on any atom is -0.497 e. The maximum absolute atomic E-state index is 5.88. The van der Waals surface area contributed by atoms with Gasteiger partial charge in [0.1, 0.15) is 11.5 Å². The number of benzene rings is 2. The first-order valence-electron chi connectivity index (χ1n) is 12.5. The van der Waals surface area contributed by atoms with Gasteiger partial charge < -0.3 is 24.6 Å². The molecular weight excluding hydrogens is 424 g/mol. The van der Waals surface area contributed by atoms with Crippen molar-refractivity contribution in [2.24, 2.45) is 0 Å². The largest absolute Gasteiger partial charge is 0.497 e. The molecule has 1 fully saturated rings. The van der Waals surface area contributed by atoms with E-state index in [0.717, 1.165) is 60.9 Å². The van der Waals surface area contributed by atoms with Crippen molar-refractivity contribution >= 4 is 16.6 Å². The summed E-state index contributed by atoms with van der Waals surface area (Å²) in [5, 5.41) is 4.33. The summed E-state index contributed by atoms with van der Waals surface area (Å²) < 4.78 is 11.4. The van der Waals surface area contributed by atoms with Crippen LogP contribution in [0.25, 0.3) is 22.2 Å². The standard InChI is InChI=1S/C28H38N4O2.H2/c1-29-14-7-19-34-23-10-8-22(9-11-23)26-21-28(25-13-12-24(33-3)20-27(25)30-26)32-16-6-4-5-15-31(2)17-18-32;/h8-13,20-21,29H,4-7,14-19H2,1-3H3;1H. The van der Waals surface area contributed by atoms with Crippen LogP contribution in [0.3, 0.4) is 0 Å². The Kier molecular flexibility index (Phi) is 8.61. The van der Waals surface area contributed by atoms with Gasteiger partial charge in [-0.2, -0.15) is 0 Å². The molecule has 2 heterocycles. The Morgan fingerprint density at radius 2 is 1.74 bits per heavy atom. The predicted octanol–water partition coefficient (Wildman–Crippen LogP) is 5.07. The van der Waals surface area contributed by atoms with E-state index >= 15 is 0 Å². The minimum atomic E-state index is 0.